The van der Waals surface area contributed by atoms with Crippen LogP contribution in [-0.4, -0.2) is 9.67 Å². The molecule has 1 aromatic carbocycles. The number of rotatable bonds is 4. The third-order valence-electron chi connectivity index (χ3n) is 3.98. The Bertz CT molecular complexity index is 959. The summed E-state index contributed by atoms with van der Waals surface area (Å²) in [6.07, 6.45) is 0.611. The lowest BCUT2D eigenvalue weighted by atomic mass is 10.1. The van der Waals surface area contributed by atoms with Crippen molar-refractivity contribution in [1.29, 1.82) is 5.26 Å². The highest BCUT2D eigenvalue weighted by molar-refractivity contribution is 5.67. The number of benzene rings is 1. The molecule has 1 heterocycles. The first kappa shape index (κ1) is 17.9. The topological polar surface area (TPSA) is 95.1 Å². The van der Waals surface area contributed by atoms with Crippen LogP contribution in [0.25, 0.3) is 4.85 Å². The van der Waals surface area contributed by atoms with Crippen molar-refractivity contribution < 1.29 is 5.11 Å². The molecule has 0 fully saturated rings. The summed E-state index contributed by atoms with van der Waals surface area (Å²) in [5.41, 5.74) is 0.783. The number of pyridine rings is 1. The van der Waals surface area contributed by atoms with Crippen molar-refractivity contribution >= 4 is 17.1 Å². The average Bonchev–Trinajstić information content (AvgIpc) is 2.62. The molecular formula is C18H17N5O2. The molecule has 2 rings (SSSR count). The molecule has 1 aromatic heterocycles. The number of aromatic nitrogens is 1. The molecule has 2 aromatic rings. The van der Waals surface area contributed by atoms with Gasteiger partial charge in [0.2, 0.25) is 5.69 Å². The molecule has 0 saturated carbocycles. The molecule has 0 aliphatic carbocycles. The maximum atomic E-state index is 12.7. The fourth-order valence-electron chi connectivity index (χ4n) is 2.32. The van der Waals surface area contributed by atoms with E-state index in [9.17, 15) is 9.90 Å². The molecule has 1 unspecified atom stereocenters. The van der Waals surface area contributed by atoms with E-state index in [2.05, 4.69) is 15.1 Å². The van der Waals surface area contributed by atoms with E-state index in [1.165, 1.54) is 4.57 Å². The Morgan fingerprint density at radius 3 is 2.52 bits per heavy atom. The lowest BCUT2D eigenvalue weighted by molar-refractivity contribution is 0.377. The predicted molar refractivity (Wildman–Crippen MR) is 93.7 cm³/mol. The van der Waals surface area contributed by atoms with Crippen LogP contribution in [0.5, 0.6) is 5.88 Å². The monoisotopic (exact) mass is 335 g/mol. The van der Waals surface area contributed by atoms with Gasteiger partial charge in [-0.3, -0.25) is 9.36 Å². The summed E-state index contributed by atoms with van der Waals surface area (Å²) in [5.74, 6) is -0.343. The van der Waals surface area contributed by atoms with Gasteiger partial charge in [-0.1, -0.05) is 6.92 Å². The Kier molecular flexibility index (Phi) is 5.31. The molecule has 0 amide bonds. The highest BCUT2D eigenvalue weighted by Crippen LogP contribution is 2.36. The van der Waals surface area contributed by atoms with E-state index in [0.29, 0.717) is 17.7 Å². The van der Waals surface area contributed by atoms with Gasteiger partial charge >= 0.3 is 0 Å². The molecule has 0 spiro atoms. The summed E-state index contributed by atoms with van der Waals surface area (Å²) < 4.78 is 1.17. The fourth-order valence-corrected chi connectivity index (χ4v) is 2.32. The smallest absolute Gasteiger partial charge is 0.279 e. The van der Waals surface area contributed by atoms with Crippen molar-refractivity contribution in [2.75, 3.05) is 0 Å². The zero-order valence-corrected chi connectivity index (χ0v) is 14.2. The minimum atomic E-state index is -0.492. The van der Waals surface area contributed by atoms with E-state index in [1.807, 2.05) is 13.0 Å². The van der Waals surface area contributed by atoms with Crippen LogP contribution in [0.1, 0.15) is 37.4 Å². The van der Waals surface area contributed by atoms with Crippen molar-refractivity contribution in [3.8, 4) is 11.9 Å². The molecule has 126 valence electrons. The van der Waals surface area contributed by atoms with Crippen LogP contribution in [0.2, 0.25) is 0 Å². The van der Waals surface area contributed by atoms with E-state index < -0.39 is 5.56 Å². The van der Waals surface area contributed by atoms with Gasteiger partial charge in [0.15, 0.2) is 5.88 Å². The van der Waals surface area contributed by atoms with Gasteiger partial charge in [0, 0.05) is 6.04 Å². The summed E-state index contributed by atoms with van der Waals surface area (Å²) in [5, 5.41) is 27.1. The van der Waals surface area contributed by atoms with Crippen LogP contribution < -0.4 is 5.56 Å². The second-order valence-electron chi connectivity index (χ2n) is 5.55. The van der Waals surface area contributed by atoms with Crippen LogP contribution >= 0.6 is 0 Å². The third-order valence-corrected chi connectivity index (χ3v) is 3.98. The van der Waals surface area contributed by atoms with E-state index in [1.54, 1.807) is 38.1 Å². The van der Waals surface area contributed by atoms with Crippen LogP contribution in [0.3, 0.4) is 0 Å². The summed E-state index contributed by atoms with van der Waals surface area (Å²) in [6.45, 7) is 12.5. The molecule has 1 atom stereocenters. The number of nitriles is 1. The number of nitrogens with zero attached hydrogens (tertiary/aromatic N) is 5. The lowest BCUT2D eigenvalue weighted by Crippen LogP contribution is -2.23. The first-order chi connectivity index (χ1) is 11.9. The predicted octanol–water partition coefficient (Wildman–Crippen LogP) is 4.67. The molecule has 0 saturated heterocycles. The molecule has 0 aliphatic rings. The Labute approximate surface area is 145 Å². The van der Waals surface area contributed by atoms with Crippen LogP contribution in [0.15, 0.2) is 39.3 Å². The Morgan fingerprint density at radius 2 is 2.00 bits per heavy atom. The van der Waals surface area contributed by atoms with E-state index in [4.69, 9.17) is 11.8 Å². The van der Waals surface area contributed by atoms with Crippen molar-refractivity contribution in [2.24, 2.45) is 10.2 Å². The minimum absolute atomic E-state index is 0.00585. The van der Waals surface area contributed by atoms with Gasteiger partial charge in [-0.15, -0.1) is 5.11 Å². The number of aromatic hydroxyl groups is 1. The minimum Gasteiger partial charge on any atom is -0.503 e. The second-order valence-corrected chi connectivity index (χ2v) is 5.55. The number of hydrogen-bond acceptors (Lipinski definition) is 5. The van der Waals surface area contributed by atoms with Crippen molar-refractivity contribution in [3.63, 3.8) is 0 Å². The molecule has 0 radical (unpaired) electrons. The van der Waals surface area contributed by atoms with Gasteiger partial charge in [0.05, 0.1) is 23.9 Å². The quantitative estimate of drug-likeness (QED) is 0.649. The van der Waals surface area contributed by atoms with Gasteiger partial charge in [-0.05, 0) is 50.1 Å². The molecule has 7 nitrogen and oxygen atoms in total. The Balaban J connectivity index is 2.60. The highest BCUT2D eigenvalue weighted by atomic mass is 16.3. The molecule has 1 N–H and O–H groups in total. The standard InChI is InChI=1S/C18H17N5O2/c1-5-11(2)23-17(24)15(20-4)12(3)16(18(23)25)22-21-14-8-6-13(10-19)7-9-14/h6-9,11,24H,5H2,1-3H3. The molecule has 0 bridgehead atoms. The Morgan fingerprint density at radius 1 is 1.36 bits per heavy atom. The number of hydrogen-bond donors (Lipinski definition) is 1. The van der Waals surface area contributed by atoms with Crippen molar-refractivity contribution in [2.45, 2.75) is 33.2 Å². The van der Waals surface area contributed by atoms with Gasteiger partial charge in [0.1, 0.15) is 5.69 Å². The van der Waals surface area contributed by atoms with Gasteiger partial charge in [0.25, 0.3) is 5.56 Å². The SMILES string of the molecule is [C-]#[N+]c1c(C)c(N=Nc2ccc(C#N)cc2)c(=O)n(C(C)CC)c1O. The lowest BCUT2D eigenvalue weighted by Gasteiger charge is -2.18. The molecular weight excluding hydrogens is 318 g/mol. The number of azo groups is 1. The molecule has 25 heavy (non-hydrogen) atoms. The highest BCUT2D eigenvalue weighted by Gasteiger charge is 2.21. The normalized spacial score (nSPS) is 11.9. The van der Waals surface area contributed by atoms with Gasteiger partial charge in [-0.2, -0.15) is 10.4 Å². The van der Waals surface area contributed by atoms with Crippen LogP contribution in [0, 0.1) is 24.8 Å². The third kappa shape index (κ3) is 3.41. The van der Waals surface area contributed by atoms with E-state index in [-0.39, 0.29) is 28.9 Å². The second kappa shape index (κ2) is 7.41. The van der Waals surface area contributed by atoms with Crippen LogP contribution in [0.4, 0.5) is 17.1 Å². The Hall–Kier alpha value is -3.45. The van der Waals surface area contributed by atoms with Crippen molar-refractivity contribution in [3.05, 3.63) is 57.2 Å². The van der Waals surface area contributed by atoms with E-state index in [0.717, 1.165) is 0 Å². The zero-order chi connectivity index (χ0) is 18.6. The summed E-state index contributed by atoms with van der Waals surface area (Å²) >= 11 is 0. The largest absolute Gasteiger partial charge is 0.503 e. The van der Waals surface area contributed by atoms with Crippen LogP contribution in [-0.2, 0) is 0 Å². The average molecular weight is 335 g/mol. The van der Waals surface area contributed by atoms with Gasteiger partial charge in [-0.25, -0.2) is 4.85 Å². The van der Waals surface area contributed by atoms with E-state index >= 15 is 0 Å². The zero-order valence-electron chi connectivity index (χ0n) is 14.2. The maximum absolute atomic E-state index is 12.7. The first-order valence-electron chi connectivity index (χ1n) is 7.72. The summed E-state index contributed by atoms with van der Waals surface area (Å²) in [4.78, 5) is 16.0. The van der Waals surface area contributed by atoms with Gasteiger partial charge < -0.3 is 5.11 Å². The maximum Gasteiger partial charge on any atom is 0.279 e. The fraction of sp³-hybridized carbons (Fsp3) is 0.278. The summed E-state index contributed by atoms with van der Waals surface area (Å²) in [6, 6.07) is 8.15. The summed E-state index contributed by atoms with van der Waals surface area (Å²) in [7, 11) is 0. The molecule has 0 aliphatic heterocycles. The van der Waals surface area contributed by atoms with Crippen molar-refractivity contribution in [1.82, 2.24) is 4.57 Å². The first-order valence-corrected chi connectivity index (χ1v) is 7.72. The molecule has 7 heteroatoms.